The minimum Gasteiger partial charge on any atom is -0.512 e. The van der Waals surface area contributed by atoms with Crippen LogP contribution in [0.5, 0.6) is 0 Å². The van der Waals surface area contributed by atoms with E-state index in [9.17, 15) is 9.90 Å². The Labute approximate surface area is 274 Å². The normalized spacial score (nSPS) is 16.3. The molecule has 44 heavy (non-hydrogen) atoms. The summed E-state index contributed by atoms with van der Waals surface area (Å²) < 4.78 is 6.25. The summed E-state index contributed by atoms with van der Waals surface area (Å²) in [6.45, 7) is 8.79. The summed E-state index contributed by atoms with van der Waals surface area (Å²) >= 11 is 0. The van der Waals surface area contributed by atoms with Crippen LogP contribution < -0.4 is 0 Å². The first-order chi connectivity index (χ1) is 20.7. The molecule has 0 aliphatic heterocycles. The summed E-state index contributed by atoms with van der Waals surface area (Å²) in [5.41, 5.74) is 6.11. The number of aromatic nitrogens is 1. The minimum atomic E-state index is 0. The average Bonchev–Trinajstić information content (AvgIpc) is 3.78. The molecule has 7 rings (SSSR count). The Hall–Kier alpha value is -3.27. The third-order valence-electron chi connectivity index (χ3n) is 9.23. The molecule has 4 nitrogen and oxygen atoms in total. The van der Waals surface area contributed by atoms with Crippen LogP contribution in [-0.2, 0) is 30.3 Å². The molecule has 2 heterocycles. The van der Waals surface area contributed by atoms with Gasteiger partial charge in [-0.05, 0) is 65.3 Å². The largest absolute Gasteiger partial charge is 0.512 e. The number of rotatable bonds is 4. The van der Waals surface area contributed by atoms with Gasteiger partial charge < -0.3 is 14.5 Å². The predicted molar refractivity (Wildman–Crippen MR) is 176 cm³/mol. The van der Waals surface area contributed by atoms with Crippen LogP contribution in [0.3, 0.4) is 0 Å². The molecule has 1 N–H and O–H groups in total. The van der Waals surface area contributed by atoms with Crippen LogP contribution >= 0.6 is 0 Å². The fraction of sp³-hybridized carbons (Fsp3) is 0.385. The second-order valence-corrected chi connectivity index (χ2v) is 13.4. The Morgan fingerprint density at radius 3 is 2.30 bits per heavy atom. The van der Waals surface area contributed by atoms with Crippen molar-refractivity contribution in [3.05, 3.63) is 89.8 Å². The minimum absolute atomic E-state index is 0. The van der Waals surface area contributed by atoms with Crippen molar-refractivity contribution < 1.29 is 34.4 Å². The van der Waals surface area contributed by atoms with E-state index < -0.39 is 0 Å². The average molecular weight is 765 g/mol. The maximum atomic E-state index is 11.8. The number of hydrogen-bond acceptors (Lipinski definition) is 4. The molecule has 1 radical (unpaired) electrons. The molecular formula is C39H42IrNO3-. The van der Waals surface area contributed by atoms with E-state index in [0.717, 1.165) is 69.8 Å². The van der Waals surface area contributed by atoms with Gasteiger partial charge in [-0.15, -0.1) is 17.7 Å². The third-order valence-corrected chi connectivity index (χ3v) is 9.23. The van der Waals surface area contributed by atoms with Crippen molar-refractivity contribution in [2.45, 2.75) is 84.5 Å². The number of hydrogen-bond donors (Lipinski definition) is 1. The van der Waals surface area contributed by atoms with Crippen LogP contribution in [-0.4, -0.2) is 15.9 Å². The van der Waals surface area contributed by atoms with E-state index >= 15 is 0 Å². The Bertz CT molecular complexity index is 1810. The molecule has 0 amide bonds. The van der Waals surface area contributed by atoms with Crippen molar-refractivity contribution in [3.63, 3.8) is 0 Å². The molecule has 2 saturated carbocycles. The molecule has 5 aromatic rings. The molecular weight excluding hydrogens is 723 g/mol. The van der Waals surface area contributed by atoms with Gasteiger partial charge in [-0.2, -0.15) is 0 Å². The van der Waals surface area contributed by atoms with Gasteiger partial charge in [-0.25, -0.2) is 0 Å². The molecule has 2 aliphatic carbocycles. The van der Waals surface area contributed by atoms with E-state index in [1.807, 2.05) is 24.4 Å². The van der Waals surface area contributed by atoms with Crippen molar-refractivity contribution in [1.29, 1.82) is 0 Å². The second-order valence-electron chi connectivity index (χ2n) is 13.4. The number of para-hydroxylation sites is 1. The fourth-order valence-corrected chi connectivity index (χ4v) is 6.72. The summed E-state index contributed by atoms with van der Waals surface area (Å²) in [7, 11) is 0. The standard InChI is InChI=1S/C26H22NO.C13H20O2.Ir/c1-16-13-21-20-7-5-6-8-23(20)28-25(21)22(14-16)24-19-10-9-18(26(2,3)4)15-17(19)11-12-27-24;14-12(10-5-1-2-6-10)9-13(15)11-7-3-4-8-11;/h5-13,15H,1-4H3;9-11,14H,1-8H2;/q-1;;/b;12-9-;. The Morgan fingerprint density at radius 2 is 1.59 bits per heavy atom. The van der Waals surface area contributed by atoms with Crippen molar-refractivity contribution in [2.75, 3.05) is 0 Å². The van der Waals surface area contributed by atoms with Crippen LogP contribution in [0.1, 0.15) is 83.3 Å². The summed E-state index contributed by atoms with van der Waals surface area (Å²) in [6.07, 6.45) is 12.3. The van der Waals surface area contributed by atoms with Crippen LogP contribution in [0.2, 0.25) is 0 Å². The zero-order valence-corrected chi connectivity index (χ0v) is 28.6. The summed E-state index contributed by atoms with van der Waals surface area (Å²) in [4.78, 5) is 16.5. The number of carbonyl (C=O) groups excluding carboxylic acids is 1. The fourth-order valence-electron chi connectivity index (χ4n) is 6.72. The van der Waals surface area contributed by atoms with Crippen molar-refractivity contribution in [3.8, 4) is 11.3 Å². The number of aliphatic hydroxyl groups is 1. The van der Waals surface area contributed by atoms with Gasteiger partial charge in [0, 0.05) is 49.6 Å². The first-order valence-electron chi connectivity index (χ1n) is 15.9. The van der Waals surface area contributed by atoms with Gasteiger partial charge in [-0.1, -0.05) is 101 Å². The number of fused-ring (bicyclic) bond motifs is 4. The summed E-state index contributed by atoms with van der Waals surface area (Å²) in [6, 6.07) is 22.6. The number of furan rings is 1. The quantitative estimate of drug-likeness (QED) is 0.112. The van der Waals surface area contributed by atoms with Crippen LogP contribution in [0.4, 0.5) is 0 Å². The zero-order chi connectivity index (χ0) is 30.1. The van der Waals surface area contributed by atoms with Crippen molar-refractivity contribution >= 4 is 38.5 Å². The molecule has 0 saturated heterocycles. The van der Waals surface area contributed by atoms with Gasteiger partial charge in [-0.3, -0.25) is 4.79 Å². The molecule has 0 bridgehead atoms. The van der Waals surface area contributed by atoms with Gasteiger partial charge in [0.1, 0.15) is 5.58 Å². The van der Waals surface area contributed by atoms with E-state index in [4.69, 9.17) is 9.40 Å². The number of ketones is 1. The van der Waals surface area contributed by atoms with E-state index in [-0.39, 0.29) is 43.1 Å². The Balaban J connectivity index is 0.000000204. The van der Waals surface area contributed by atoms with E-state index in [0.29, 0.717) is 5.76 Å². The summed E-state index contributed by atoms with van der Waals surface area (Å²) in [5, 5.41) is 14.4. The van der Waals surface area contributed by atoms with Gasteiger partial charge in [0.25, 0.3) is 0 Å². The number of benzene rings is 3. The first kappa shape index (κ1) is 32.1. The number of nitrogens with zero attached hydrogens (tertiary/aromatic N) is 1. The second kappa shape index (κ2) is 13.4. The van der Waals surface area contributed by atoms with Gasteiger partial charge in [0.05, 0.1) is 11.3 Å². The van der Waals surface area contributed by atoms with E-state index in [2.05, 4.69) is 70.2 Å². The molecule has 231 valence electrons. The molecule has 3 aromatic carbocycles. The van der Waals surface area contributed by atoms with E-state index in [1.165, 1.54) is 42.7 Å². The van der Waals surface area contributed by atoms with Crippen molar-refractivity contribution in [1.82, 2.24) is 4.98 Å². The topological polar surface area (TPSA) is 63.3 Å². The molecule has 0 spiro atoms. The zero-order valence-electron chi connectivity index (χ0n) is 26.2. The molecule has 2 aliphatic rings. The summed E-state index contributed by atoms with van der Waals surface area (Å²) in [5.74, 6) is 0.991. The molecule has 0 atom stereocenters. The number of carbonyl (C=O) groups is 1. The van der Waals surface area contributed by atoms with Gasteiger partial charge >= 0.3 is 0 Å². The van der Waals surface area contributed by atoms with Gasteiger partial charge in [0.15, 0.2) is 5.78 Å². The van der Waals surface area contributed by atoms with E-state index in [1.54, 1.807) is 0 Å². The molecule has 5 heteroatoms. The maximum Gasteiger partial charge on any atom is 0.162 e. The number of pyridine rings is 1. The number of allylic oxidation sites excluding steroid dienone is 2. The maximum absolute atomic E-state index is 11.8. The Morgan fingerprint density at radius 1 is 0.909 bits per heavy atom. The van der Waals surface area contributed by atoms with Crippen molar-refractivity contribution in [2.24, 2.45) is 11.8 Å². The van der Waals surface area contributed by atoms with Crippen LogP contribution in [0.25, 0.3) is 44.0 Å². The molecule has 0 unspecified atom stereocenters. The predicted octanol–water partition coefficient (Wildman–Crippen LogP) is 10.6. The number of aliphatic hydroxyl groups excluding tert-OH is 1. The third kappa shape index (κ3) is 6.70. The van der Waals surface area contributed by atoms with Crippen LogP contribution in [0, 0.1) is 24.8 Å². The van der Waals surface area contributed by atoms with Gasteiger partial charge in [0.2, 0.25) is 0 Å². The Kier molecular flexibility index (Phi) is 9.77. The van der Waals surface area contributed by atoms with Crippen LogP contribution in [0.15, 0.2) is 77.0 Å². The first-order valence-corrected chi connectivity index (χ1v) is 15.9. The number of aryl methyl sites for hydroxylation is 1. The molecule has 2 fully saturated rings. The molecule has 2 aromatic heterocycles. The SMILES string of the molecule is Cc1[c-]c(-c2nccc3cc(C(C)(C)C)ccc23)c2oc3ccccc3c2c1.O=C(/C=C(\O)C1CCCC1)C1CCCC1.[Ir]. The smallest absolute Gasteiger partial charge is 0.162 e. The monoisotopic (exact) mass is 765 g/mol.